The van der Waals surface area contributed by atoms with Crippen LogP contribution in [-0.4, -0.2) is 60.1 Å². The maximum absolute atomic E-state index is 14.1. The summed E-state index contributed by atoms with van der Waals surface area (Å²) < 4.78 is 19.1. The molecule has 1 N–H and O–H groups in total. The number of carbonyl (C=O) groups excluding carboxylic acids is 2. The zero-order valence-corrected chi connectivity index (χ0v) is 14.1. The number of hydrogen-bond donors (Lipinski definition) is 1. The Bertz CT molecular complexity index is 664. The normalized spacial score (nSPS) is 23.3. The number of urea groups is 1. The highest BCUT2D eigenvalue weighted by Crippen LogP contribution is 2.26. The number of piperidine rings is 1. The summed E-state index contributed by atoms with van der Waals surface area (Å²) in [7, 11) is 1.45. The van der Waals surface area contributed by atoms with Gasteiger partial charge in [-0.25, -0.2) is 9.18 Å². The first-order valence-electron chi connectivity index (χ1n) is 8.14. The molecule has 0 saturated carbocycles. The van der Waals surface area contributed by atoms with Crippen molar-refractivity contribution >= 4 is 11.9 Å². The van der Waals surface area contributed by atoms with Crippen LogP contribution in [0.25, 0.3) is 0 Å². The zero-order chi connectivity index (χ0) is 17.4. The summed E-state index contributed by atoms with van der Waals surface area (Å²) in [6.07, 6.45) is 0.686. The Labute approximate surface area is 140 Å². The first-order chi connectivity index (χ1) is 11.4. The van der Waals surface area contributed by atoms with Gasteiger partial charge in [0, 0.05) is 25.2 Å². The number of methoxy groups -OCH3 is 1. The van der Waals surface area contributed by atoms with Gasteiger partial charge in [-0.3, -0.25) is 4.79 Å². The molecule has 0 aromatic heterocycles. The van der Waals surface area contributed by atoms with Crippen LogP contribution in [0.4, 0.5) is 9.18 Å². The van der Waals surface area contributed by atoms with Gasteiger partial charge in [0.15, 0.2) is 0 Å². The molecule has 3 rings (SSSR count). The quantitative estimate of drug-likeness (QED) is 0.917. The lowest BCUT2D eigenvalue weighted by molar-refractivity contribution is 0.0640. The van der Waals surface area contributed by atoms with Gasteiger partial charge in [-0.2, -0.15) is 0 Å². The van der Waals surface area contributed by atoms with Gasteiger partial charge in [-0.05, 0) is 32.4 Å². The smallest absolute Gasteiger partial charge is 0.318 e. The van der Waals surface area contributed by atoms with Gasteiger partial charge >= 0.3 is 6.03 Å². The molecule has 2 atom stereocenters. The molecule has 130 valence electrons. The van der Waals surface area contributed by atoms with Gasteiger partial charge in [-0.15, -0.1) is 0 Å². The van der Waals surface area contributed by atoms with Crippen LogP contribution >= 0.6 is 0 Å². The van der Waals surface area contributed by atoms with Crippen molar-refractivity contribution in [3.8, 4) is 5.75 Å². The fourth-order valence-corrected chi connectivity index (χ4v) is 3.57. The molecule has 24 heavy (non-hydrogen) atoms. The lowest BCUT2D eigenvalue weighted by Crippen LogP contribution is -2.53. The maximum Gasteiger partial charge on any atom is 0.318 e. The van der Waals surface area contributed by atoms with Crippen LogP contribution in [0.5, 0.6) is 5.75 Å². The van der Waals surface area contributed by atoms with Crippen molar-refractivity contribution in [2.75, 3.05) is 20.2 Å². The molecule has 1 aromatic carbocycles. The highest BCUT2D eigenvalue weighted by atomic mass is 19.1. The van der Waals surface area contributed by atoms with E-state index in [0.717, 1.165) is 0 Å². The van der Waals surface area contributed by atoms with Crippen molar-refractivity contribution in [2.45, 2.75) is 38.4 Å². The Morgan fingerprint density at radius 1 is 1.42 bits per heavy atom. The van der Waals surface area contributed by atoms with E-state index in [9.17, 15) is 14.0 Å². The van der Waals surface area contributed by atoms with Crippen molar-refractivity contribution in [2.24, 2.45) is 0 Å². The van der Waals surface area contributed by atoms with Crippen molar-refractivity contribution in [3.05, 3.63) is 29.6 Å². The summed E-state index contributed by atoms with van der Waals surface area (Å²) in [6, 6.07) is 4.21. The number of nitrogens with zero attached hydrogens (tertiary/aromatic N) is 2. The number of halogens is 1. The molecular formula is C17H22FN3O3. The first-order valence-corrected chi connectivity index (χ1v) is 8.14. The molecule has 3 amide bonds. The third-order valence-electron chi connectivity index (χ3n) is 4.73. The first kappa shape index (κ1) is 16.5. The van der Waals surface area contributed by atoms with Gasteiger partial charge in [0.25, 0.3) is 5.91 Å². The molecule has 0 spiro atoms. The number of amides is 3. The Morgan fingerprint density at radius 3 is 2.79 bits per heavy atom. The summed E-state index contributed by atoms with van der Waals surface area (Å²) in [6.45, 7) is 4.85. The fraction of sp³-hybridized carbons (Fsp3) is 0.529. The van der Waals surface area contributed by atoms with Crippen molar-refractivity contribution in [3.63, 3.8) is 0 Å². The standard InChI is InChI=1S/C17H22FN3O3/c1-10(2)21-15-6-7-20(9-14(15)19-17(21)23)16(22)12-5-4-11(24-3)8-13(12)18/h4-5,8,10,14-15H,6-7,9H2,1-3H3,(H,19,23)/t14-,15+/m1/s1. The molecule has 2 fully saturated rings. The SMILES string of the molecule is COc1ccc(C(=O)N2CC[C@H]3[C@@H](C2)NC(=O)N3C(C)C)c(F)c1. The van der Waals surface area contributed by atoms with Gasteiger partial charge in [-0.1, -0.05) is 0 Å². The van der Waals surface area contributed by atoms with Gasteiger partial charge < -0.3 is 19.9 Å². The van der Waals surface area contributed by atoms with E-state index < -0.39 is 5.82 Å². The Morgan fingerprint density at radius 2 is 2.17 bits per heavy atom. The third kappa shape index (κ3) is 2.79. The van der Waals surface area contributed by atoms with Crippen LogP contribution in [0.3, 0.4) is 0 Å². The Hall–Kier alpha value is -2.31. The van der Waals surface area contributed by atoms with E-state index in [1.165, 1.54) is 19.2 Å². The second-order valence-electron chi connectivity index (χ2n) is 6.51. The summed E-state index contributed by atoms with van der Waals surface area (Å²) in [4.78, 5) is 28.2. The number of likely N-dealkylation sites (tertiary alicyclic amines) is 1. The minimum absolute atomic E-state index is 0.0271. The highest BCUT2D eigenvalue weighted by molar-refractivity contribution is 5.95. The number of benzene rings is 1. The molecule has 2 saturated heterocycles. The van der Waals surface area contributed by atoms with Crippen LogP contribution in [0.15, 0.2) is 18.2 Å². The molecule has 0 unspecified atom stereocenters. The second kappa shape index (κ2) is 6.30. The Balaban J connectivity index is 1.74. The van der Waals surface area contributed by atoms with Crippen LogP contribution in [-0.2, 0) is 0 Å². The van der Waals surface area contributed by atoms with E-state index in [-0.39, 0.29) is 35.6 Å². The average Bonchev–Trinajstić information content (AvgIpc) is 2.88. The molecular weight excluding hydrogens is 313 g/mol. The lowest BCUT2D eigenvalue weighted by atomic mass is 9.98. The number of fused-ring (bicyclic) bond motifs is 1. The maximum atomic E-state index is 14.1. The number of nitrogens with one attached hydrogen (secondary N) is 1. The number of carbonyl (C=O) groups is 2. The molecule has 2 aliphatic rings. The van der Waals surface area contributed by atoms with Crippen LogP contribution in [0, 0.1) is 5.82 Å². The minimum Gasteiger partial charge on any atom is -0.497 e. The minimum atomic E-state index is -0.597. The van der Waals surface area contributed by atoms with Gasteiger partial charge in [0.05, 0.1) is 24.8 Å². The fourth-order valence-electron chi connectivity index (χ4n) is 3.57. The van der Waals surface area contributed by atoms with Gasteiger partial charge in [0.2, 0.25) is 0 Å². The summed E-state index contributed by atoms with van der Waals surface area (Å²) in [5.41, 5.74) is 0.0271. The van der Waals surface area contributed by atoms with Crippen LogP contribution < -0.4 is 10.1 Å². The van der Waals surface area contributed by atoms with Crippen LogP contribution in [0.1, 0.15) is 30.6 Å². The molecule has 1 aromatic rings. The van der Waals surface area contributed by atoms with E-state index in [4.69, 9.17) is 4.74 Å². The van der Waals surface area contributed by atoms with E-state index >= 15 is 0 Å². The lowest BCUT2D eigenvalue weighted by Gasteiger charge is -2.38. The molecule has 0 radical (unpaired) electrons. The second-order valence-corrected chi connectivity index (χ2v) is 6.51. The zero-order valence-electron chi connectivity index (χ0n) is 14.1. The summed E-state index contributed by atoms with van der Waals surface area (Å²) in [5.74, 6) is -0.579. The predicted octanol–water partition coefficient (Wildman–Crippen LogP) is 1.85. The molecule has 2 heterocycles. The van der Waals surface area contributed by atoms with Crippen molar-refractivity contribution < 1.29 is 18.7 Å². The molecule has 7 heteroatoms. The largest absolute Gasteiger partial charge is 0.497 e. The van der Waals surface area contributed by atoms with E-state index in [1.54, 1.807) is 11.0 Å². The van der Waals surface area contributed by atoms with Crippen molar-refractivity contribution in [1.29, 1.82) is 0 Å². The average molecular weight is 335 g/mol. The van der Waals surface area contributed by atoms with E-state index in [0.29, 0.717) is 25.3 Å². The monoisotopic (exact) mass is 335 g/mol. The molecule has 2 aliphatic heterocycles. The van der Waals surface area contributed by atoms with Gasteiger partial charge in [0.1, 0.15) is 11.6 Å². The molecule has 0 aliphatic carbocycles. The molecule has 0 bridgehead atoms. The highest BCUT2D eigenvalue weighted by Gasteiger charge is 2.44. The topological polar surface area (TPSA) is 61.9 Å². The van der Waals surface area contributed by atoms with Crippen LogP contribution in [0.2, 0.25) is 0 Å². The van der Waals surface area contributed by atoms with Crippen molar-refractivity contribution in [1.82, 2.24) is 15.1 Å². The number of ether oxygens (including phenoxy) is 1. The van der Waals surface area contributed by atoms with E-state index in [1.807, 2.05) is 18.7 Å². The number of hydrogen-bond acceptors (Lipinski definition) is 3. The summed E-state index contributed by atoms with van der Waals surface area (Å²) >= 11 is 0. The molecule has 6 nitrogen and oxygen atoms in total. The number of rotatable bonds is 3. The van der Waals surface area contributed by atoms with E-state index in [2.05, 4.69) is 5.32 Å². The predicted molar refractivity (Wildman–Crippen MR) is 86.6 cm³/mol. The third-order valence-corrected chi connectivity index (χ3v) is 4.73. The Kier molecular flexibility index (Phi) is 4.34. The summed E-state index contributed by atoms with van der Waals surface area (Å²) in [5, 5.41) is 2.94.